The average molecular weight is 316 g/mol. The summed E-state index contributed by atoms with van der Waals surface area (Å²) in [6.45, 7) is 1.45. The van der Waals surface area contributed by atoms with Crippen molar-refractivity contribution in [3.05, 3.63) is 40.1 Å². The van der Waals surface area contributed by atoms with Crippen LogP contribution in [0.15, 0.2) is 34.6 Å². The van der Waals surface area contributed by atoms with Gasteiger partial charge in [-0.15, -0.1) is 24.5 Å². The number of Topliss-reactive ketones (excluding diaryl/α,β-unsaturated/α-hetero) is 1. The lowest BCUT2D eigenvalue weighted by Crippen LogP contribution is -2.17. The second-order valence-corrected chi connectivity index (χ2v) is 5.01. The van der Waals surface area contributed by atoms with Gasteiger partial charge in [-0.25, -0.2) is 4.99 Å². The molecule has 0 fully saturated rings. The van der Waals surface area contributed by atoms with Crippen LogP contribution in [0, 0.1) is 0 Å². The van der Waals surface area contributed by atoms with Gasteiger partial charge in [-0.3, -0.25) is 4.79 Å². The summed E-state index contributed by atoms with van der Waals surface area (Å²) >= 11 is 1.28. The van der Waals surface area contributed by atoms with Gasteiger partial charge in [-0.05, 0) is 24.3 Å². The van der Waals surface area contributed by atoms with E-state index in [9.17, 15) is 18.0 Å². The number of aromatic nitrogens is 1. The molecule has 2 rings (SSSR count). The molecule has 0 bridgehead atoms. The summed E-state index contributed by atoms with van der Waals surface area (Å²) in [5, 5.41) is 1.68. The van der Waals surface area contributed by atoms with E-state index in [1.807, 2.05) is 0 Å². The molecule has 1 heterocycles. The Bertz CT molecular complexity index is 714. The van der Waals surface area contributed by atoms with Crippen molar-refractivity contribution in [3.8, 4) is 5.75 Å². The van der Waals surface area contributed by atoms with E-state index < -0.39 is 6.36 Å². The first-order chi connectivity index (χ1) is 9.76. The number of alkyl halides is 3. The van der Waals surface area contributed by atoms with Gasteiger partial charge in [0.05, 0.1) is 11.4 Å². The molecule has 0 saturated carbocycles. The average Bonchev–Trinajstić information content (AvgIpc) is 2.72. The van der Waals surface area contributed by atoms with Crippen LogP contribution in [0.1, 0.15) is 17.4 Å². The second-order valence-electron chi connectivity index (χ2n) is 4.17. The van der Waals surface area contributed by atoms with Crippen LogP contribution in [0.2, 0.25) is 0 Å². The Morgan fingerprint density at radius 3 is 2.38 bits per heavy atom. The number of hydrogen-bond donors (Lipinski definition) is 0. The van der Waals surface area contributed by atoms with Gasteiger partial charge in [0.2, 0.25) is 0 Å². The van der Waals surface area contributed by atoms with Crippen LogP contribution in [0.4, 0.5) is 18.9 Å². The highest BCUT2D eigenvalue weighted by atomic mass is 32.1. The number of ether oxygens (including phenoxy) is 1. The van der Waals surface area contributed by atoms with Gasteiger partial charge in [0.15, 0.2) is 10.6 Å². The Balaban J connectivity index is 2.28. The third-order valence-corrected chi connectivity index (χ3v) is 3.50. The van der Waals surface area contributed by atoms with Crippen molar-refractivity contribution in [2.45, 2.75) is 13.3 Å². The van der Waals surface area contributed by atoms with Crippen molar-refractivity contribution < 1.29 is 22.7 Å². The van der Waals surface area contributed by atoms with Crippen LogP contribution in [-0.2, 0) is 7.05 Å². The summed E-state index contributed by atoms with van der Waals surface area (Å²) in [5.74, 6) is -0.384. The highest BCUT2D eigenvalue weighted by Gasteiger charge is 2.30. The molecule has 0 amide bonds. The third kappa shape index (κ3) is 3.94. The maximum absolute atomic E-state index is 12.0. The van der Waals surface area contributed by atoms with Gasteiger partial charge < -0.3 is 9.30 Å². The molecule has 0 spiro atoms. The Morgan fingerprint density at radius 2 is 1.90 bits per heavy atom. The topological polar surface area (TPSA) is 43.6 Å². The first-order valence-corrected chi connectivity index (χ1v) is 6.70. The molecule has 0 radical (unpaired) electrons. The quantitative estimate of drug-likeness (QED) is 0.814. The van der Waals surface area contributed by atoms with Crippen LogP contribution in [0.5, 0.6) is 5.75 Å². The lowest BCUT2D eigenvalue weighted by molar-refractivity contribution is -0.274. The van der Waals surface area contributed by atoms with Crippen molar-refractivity contribution in [2.24, 2.45) is 12.0 Å². The molecule has 1 aromatic heterocycles. The molecule has 0 saturated heterocycles. The van der Waals surface area contributed by atoms with Crippen molar-refractivity contribution >= 4 is 22.8 Å². The maximum Gasteiger partial charge on any atom is 0.573 e. The summed E-state index contributed by atoms with van der Waals surface area (Å²) in [7, 11) is 1.70. The first-order valence-electron chi connectivity index (χ1n) is 5.82. The van der Waals surface area contributed by atoms with Gasteiger partial charge in [-0.1, -0.05) is 0 Å². The minimum absolute atomic E-state index is 0.0795. The van der Waals surface area contributed by atoms with Crippen LogP contribution in [0.25, 0.3) is 0 Å². The van der Waals surface area contributed by atoms with Gasteiger partial charge in [0.1, 0.15) is 5.75 Å². The number of halogens is 3. The first kappa shape index (κ1) is 15.3. The summed E-state index contributed by atoms with van der Waals surface area (Å²) in [6.07, 6.45) is -4.71. The fourth-order valence-electron chi connectivity index (χ4n) is 1.62. The summed E-state index contributed by atoms with van der Waals surface area (Å²) in [5.41, 5.74) is 0.993. The van der Waals surface area contributed by atoms with E-state index in [4.69, 9.17) is 0 Å². The Hall–Kier alpha value is -2.09. The van der Waals surface area contributed by atoms with Crippen LogP contribution in [0.3, 0.4) is 0 Å². The SMILES string of the molecule is CC(=O)c1csc(=Nc2ccc(OC(F)(F)F)cc2)n1C. The van der Waals surface area contributed by atoms with E-state index in [2.05, 4.69) is 9.73 Å². The van der Waals surface area contributed by atoms with Gasteiger partial charge in [-0.2, -0.15) is 0 Å². The monoisotopic (exact) mass is 316 g/mol. The Kier molecular flexibility index (Phi) is 4.17. The molecule has 0 unspecified atom stereocenters. The second kappa shape index (κ2) is 5.72. The molecule has 112 valence electrons. The van der Waals surface area contributed by atoms with E-state index in [0.717, 1.165) is 0 Å². The van der Waals surface area contributed by atoms with Crippen molar-refractivity contribution in [3.63, 3.8) is 0 Å². The van der Waals surface area contributed by atoms with Crippen LogP contribution < -0.4 is 9.54 Å². The number of nitrogens with zero attached hydrogens (tertiary/aromatic N) is 2. The normalized spacial score (nSPS) is 12.5. The van der Waals surface area contributed by atoms with Crippen LogP contribution >= 0.6 is 11.3 Å². The Morgan fingerprint density at radius 1 is 1.29 bits per heavy atom. The van der Waals surface area contributed by atoms with Crippen molar-refractivity contribution in [2.75, 3.05) is 0 Å². The van der Waals surface area contributed by atoms with Crippen LogP contribution in [-0.4, -0.2) is 16.7 Å². The maximum atomic E-state index is 12.0. The summed E-state index contributed by atoms with van der Waals surface area (Å²) in [6, 6.07) is 5.19. The number of thiazole rings is 1. The number of ketones is 1. The number of carbonyl (C=O) groups excluding carboxylic acids is 1. The van der Waals surface area contributed by atoms with Gasteiger partial charge >= 0.3 is 6.36 Å². The minimum atomic E-state index is -4.71. The molecule has 0 atom stereocenters. The lowest BCUT2D eigenvalue weighted by atomic mass is 10.3. The van der Waals surface area contributed by atoms with Crippen molar-refractivity contribution in [1.29, 1.82) is 0 Å². The lowest BCUT2D eigenvalue weighted by Gasteiger charge is -2.08. The molecule has 0 aliphatic heterocycles. The van der Waals surface area contributed by atoms with E-state index in [-0.39, 0.29) is 11.5 Å². The zero-order valence-corrected chi connectivity index (χ0v) is 12.0. The molecular formula is C13H11F3N2O2S. The number of rotatable bonds is 3. The van der Waals surface area contributed by atoms with Gasteiger partial charge in [0, 0.05) is 19.4 Å². The Labute approximate surface area is 122 Å². The summed E-state index contributed by atoms with van der Waals surface area (Å²) < 4.78 is 41.5. The fraction of sp³-hybridized carbons (Fsp3) is 0.231. The minimum Gasteiger partial charge on any atom is -0.406 e. The zero-order valence-electron chi connectivity index (χ0n) is 11.1. The number of hydrogen-bond acceptors (Lipinski definition) is 4. The summed E-state index contributed by atoms with van der Waals surface area (Å²) in [4.78, 5) is 16.2. The molecule has 0 aliphatic carbocycles. The number of benzene rings is 1. The van der Waals surface area contributed by atoms with E-state index in [0.29, 0.717) is 16.2 Å². The van der Waals surface area contributed by atoms with Crippen molar-refractivity contribution in [1.82, 2.24) is 4.57 Å². The smallest absolute Gasteiger partial charge is 0.406 e. The van der Waals surface area contributed by atoms with E-state index in [1.165, 1.54) is 42.5 Å². The molecule has 21 heavy (non-hydrogen) atoms. The largest absolute Gasteiger partial charge is 0.573 e. The standard InChI is InChI=1S/C13H11F3N2O2S/c1-8(19)11-7-21-12(18(11)2)17-9-3-5-10(6-4-9)20-13(14,15)16/h3-7H,1-2H3. The molecule has 0 aliphatic rings. The van der Waals surface area contributed by atoms with E-state index in [1.54, 1.807) is 17.0 Å². The fourth-order valence-corrected chi connectivity index (χ4v) is 2.58. The number of carbonyl (C=O) groups is 1. The zero-order chi connectivity index (χ0) is 15.6. The molecule has 8 heteroatoms. The predicted octanol–water partition coefficient (Wildman–Crippen LogP) is 3.42. The third-order valence-electron chi connectivity index (χ3n) is 2.58. The molecular weight excluding hydrogens is 305 g/mol. The van der Waals surface area contributed by atoms with Gasteiger partial charge in [0.25, 0.3) is 0 Å². The highest BCUT2D eigenvalue weighted by Crippen LogP contribution is 2.24. The molecule has 4 nitrogen and oxygen atoms in total. The molecule has 2 aromatic rings. The predicted molar refractivity (Wildman–Crippen MR) is 71.6 cm³/mol. The highest BCUT2D eigenvalue weighted by molar-refractivity contribution is 7.07. The molecule has 1 aromatic carbocycles. The van der Waals surface area contributed by atoms with E-state index >= 15 is 0 Å². The molecule has 0 N–H and O–H groups in total.